The molecule has 0 radical (unpaired) electrons. The van der Waals surface area contributed by atoms with Crippen LogP contribution >= 0.6 is 0 Å². The maximum Gasteiger partial charge on any atom is 0.236 e. The van der Waals surface area contributed by atoms with Gasteiger partial charge in [-0.3, -0.25) is 9.69 Å². The van der Waals surface area contributed by atoms with Crippen molar-refractivity contribution in [3.8, 4) is 0 Å². The molecule has 1 heterocycles. The molecule has 1 saturated heterocycles. The Morgan fingerprint density at radius 2 is 2.00 bits per heavy atom. The van der Waals surface area contributed by atoms with Crippen molar-refractivity contribution in [2.45, 2.75) is 26.0 Å². The lowest BCUT2D eigenvalue weighted by atomic mass is 10.2. The minimum absolute atomic E-state index is 0.0551. The molecule has 0 aromatic heterocycles. The van der Waals surface area contributed by atoms with Crippen molar-refractivity contribution in [3.05, 3.63) is 0 Å². The molecule has 1 aliphatic heterocycles. The van der Waals surface area contributed by atoms with Crippen molar-refractivity contribution in [1.82, 2.24) is 15.1 Å². The molecule has 0 saturated carbocycles. The molecule has 1 aliphatic rings. The van der Waals surface area contributed by atoms with Gasteiger partial charge in [0.1, 0.15) is 0 Å². The van der Waals surface area contributed by atoms with Gasteiger partial charge in [0.15, 0.2) is 0 Å². The average Bonchev–Trinajstić information content (AvgIpc) is 2.66. The maximum atomic E-state index is 11.9. The van der Waals surface area contributed by atoms with Crippen molar-refractivity contribution in [3.63, 3.8) is 0 Å². The summed E-state index contributed by atoms with van der Waals surface area (Å²) >= 11 is 0. The van der Waals surface area contributed by atoms with Crippen LogP contribution in [0.4, 0.5) is 0 Å². The summed E-state index contributed by atoms with van der Waals surface area (Å²) in [5.74, 6) is 0.131. The Bertz CT molecular complexity index is 231. The van der Waals surface area contributed by atoms with Crippen molar-refractivity contribution >= 4 is 5.91 Å². The Morgan fingerprint density at radius 1 is 1.38 bits per heavy atom. The zero-order valence-electron chi connectivity index (χ0n) is 10.4. The van der Waals surface area contributed by atoms with E-state index in [4.69, 9.17) is 0 Å². The molecule has 0 aromatic carbocycles. The van der Waals surface area contributed by atoms with Crippen LogP contribution in [0.15, 0.2) is 0 Å². The van der Waals surface area contributed by atoms with Crippen LogP contribution in [0.25, 0.3) is 0 Å². The number of aliphatic hydroxyl groups is 1. The van der Waals surface area contributed by atoms with Gasteiger partial charge in [-0.05, 0) is 20.9 Å². The van der Waals surface area contributed by atoms with Gasteiger partial charge in [-0.1, -0.05) is 0 Å². The molecule has 1 fully saturated rings. The second-order valence-corrected chi connectivity index (χ2v) is 4.27. The molecule has 1 amide bonds. The van der Waals surface area contributed by atoms with Crippen LogP contribution in [0.5, 0.6) is 0 Å². The van der Waals surface area contributed by atoms with E-state index in [1.54, 1.807) is 0 Å². The Hall–Kier alpha value is -0.650. The molecule has 0 aromatic rings. The number of aliphatic hydroxyl groups excluding tert-OH is 1. The van der Waals surface area contributed by atoms with E-state index in [-0.39, 0.29) is 18.1 Å². The summed E-state index contributed by atoms with van der Waals surface area (Å²) in [5, 5.41) is 12.8. The number of likely N-dealkylation sites (N-methyl/N-ethyl adjacent to an activating group) is 2. The highest BCUT2D eigenvalue weighted by molar-refractivity contribution is 5.78. The maximum absolute atomic E-state index is 11.9. The lowest BCUT2D eigenvalue weighted by Gasteiger charge is -2.28. The van der Waals surface area contributed by atoms with Gasteiger partial charge < -0.3 is 15.3 Å². The minimum Gasteiger partial charge on any atom is -0.390 e. The molecular weight excluding hydrogens is 206 g/mol. The minimum atomic E-state index is -0.366. The molecule has 5 heteroatoms. The molecule has 0 bridgehead atoms. The van der Waals surface area contributed by atoms with Gasteiger partial charge in [0.2, 0.25) is 5.91 Å². The first-order chi connectivity index (χ1) is 7.60. The normalized spacial score (nSPS) is 25.1. The van der Waals surface area contributed by atoms with E-state index >= 15 is 0 Å². The van der Waals surface area contributed by atoms with Gasteiger partial charge in [0, 0.05) is 32.2 Å². The van der Waals surface area contributed by atoms with Crippen LogP contribution in [-0.2, 0) is 4.79 Å². The fraction of sp³-hybridized carbons (Fsp3) is 0.909. The number of hydrogen-bond donors (Lipinski definition) is 2. The summed E-state index contributed by atoms with van der Waals surface area (Å²) in [7, 11) is 1.89. The Balaban J connectivity index is 2.43. The zero-order valence-corrected chi connectivity index (χ0v) is 10.4. The van der Waals surface area contributed by atoms with Crippen molar-refractivity contribution in [2.24, 2.45) is 0 Å². The zero-order chi connectivity index (χ0) is 12.1. The van der Waals surface area contributed by atoms with Crippen LogP contribution in [0.1, 0.15) is 13.8 Å². The number of carbonyl (C=O) groups is 1. The molecule has 16 heavy (non-hydrogen) atoms. The van der Waals surface area contributed by atoms with Crippen molar-refractivity contribution in [1.29, 1.82) is 0 Å². The topological polar surface area (TPSA) is 55.8 Å². The van der Waals surface area contributed by atoms with E-state index in [0.717, 1.165) is 19.6 Å². The van der Waals surface area contributed by atoms with Crippen LogP contribution in [0.3, 0.4) is 0 Å². The summed E-state index contributed by atoms with van der Waals surface area (Å²) < 4.78 is 0. The van der Waals surface area contributed by atoms with Gasteiger partial charge in [0.05, 0.1) is 12.6 Å². The van der Waals surface area contributed by atoms with Gasteiger partial charge in [-0.2, -0.15) is 0 Å². The predicted molar refractivity (Wildman–Crippen MR) is 63.2 cm³/mol. The monoisotopic (exact) mass is 229 g/mol. The van der Waals surface area contributed by atoms with Gasteiger partial charge >= 0.3 is 0 Å². The number of amides is 1. The van der Waals surface area contributed by atoms with Gasteiger partial charge in [0.25, 0.3) is 0 Å². The Kier molecular flexibility index (Phi) is 5.18. The molecule has 2 N–H and O–H groups in total. The summed E-state index contributed by atoms with van der Waals surface area (Å²) in [6.45, 7) is 7.20. The quantitative estimate of drug-likeness (QED) is 0.643. The summed E-state index contributed by atoms with van der Waals surface area (Å²) in [5.41, 5.74) is 0. The van der Waals surface area contributed by atoms with Crippen LogP contribution in [0.2, 0.25) is 0 Å². The third-order valence-electron chi connectivity index (χ3n) is 3.22. The number of nitrogens with one attached hydrogen (secondary N) is 1. The number of β-amino-alcohol motifs (C(OH)–C–C–N with tert-alkyl or cyclic N) is 1. The first kappa shape index (κ1) is 13.4. The molecular formula is C11H23N3O2. The third-order valence-corrected chi connectivity index (χ3v) is 3.22. The van der Waals surface area contributed by atoms with E-state index in [1.807, 2.05) is 30.7 Å². The third kappa shape index (κ3) is 3.17. The van der Waals surface area contributed by atoms with E-state index in [2.05, 4.69) is 5.32 Å². The number of nitrogens with zero attached hydrogens (tertiary/aromatic N) is 2. The fourth-order valence-corrected chi connectivity index (χ4v) is 2.11. The van der Waals surface area contributed by atoms with Crippen LogP contribution in [-0.4, -0.2) is 72.7 Å². The SMILES string of the molecule is CCN(CC)C(=O)CN(C)C1CNCC1O. The van der Waals surface area contributed by atoms with Crippen LogP contribution in [0, 0.1) is 0 Å². The second kappa shape index (κ2) is 6.18. The average molecular weight is 229 g/mol. The molecule has 5 nitrogen and oxygen atoms in total. The Morgan fingerprint density at radius 3 is 2.44 bits per heavy atom. The molecule has 2 atom stereocenters. The highest BCUT2D eigenvalue weighted by Gasteiger charge is 2.29. The van der Waals surface area contributed by atoms with Crippen LogP contribution < -0.4 is 5.32 Å². The highest BCUT2D eigenvalue weighted by atomic mass is 16.3. The molecule has 0 aliphatic carbocycles. The Labute approximate surface area is 97.4 Å². The lowest BCUT2D eigenvalue weighted by Crippen LogP contribution is -2.46. The van der Waals surface area contributed by atoms with E-state index in [9.17, 15) is 9.90 Å². The van der Waals surface area contributed by atoms with E-state index in [1.165, 1.54) is 0 Å². The molecule has 0 spiro atoms. The van der Waals surface area contributed by atoms with Crippen molar-refractivity contribution in [2.75, 3.05) is 39.8 Å². The van der Waals surface area contributed by atoms with Gasteiger partial charge in [-0.25, -0.2) is 0 Å². The van der Waals surface area contributed by atoms with Gasteiger partial charge in [-0.15, -0.1) is 0 Å². The summed E-state index contributed by atoms with van der Waals surface area (Å²) in [6.07, 6.45) is -0.366. The lowest BCUT2D eigenvalue weighted by molar-refractivity contribution is -0.132. The molecule has 2 unspecified atom stereocenters. The van der Waals surface area contributed by atoms with E-state index < -0.39 is 0 Å². The highest BCUT2D eigenvalue weighted by Crippen LogP contribution is 2.07. The number of hydrogen-bond acceptors (Lipinski definition) is 4. The second-order valence-electron chi connectivity index (χ2n) is 4.27. The fourth-order valence-electron chi connectivity index (χ4n) is 2.11. The van der Waals surface area contributed by atoms with E-state index in [0.29, 0.717) is 13.1 Å². The first-order valence-electron chi connectivity index (χ1n) is 5.96. The molecule has 94 valence electrons. The standard InChI is InChI=1S/C11H23N3O2/c1-4-14(5-2)11(16)8-13(3)9-6-12-7-10(9)15/h9-10,12,15H,4-8H2,1-3H3. The smallest absolute Gasteiger partial charge is 0.236 e. The van der Waals surface area contributed by atoms with Crippen molar-refractivity contribution < 1.29 is 9.90 Å². The number of rotatable bonds is 5. The summed E-state index contributed by atoms with van der Waals surface area (Å²) in [6, 6.07) is 0.0551. The molecule has 1 rings (SSSR count). The predicted octanol–water partition coefficient (Wildman–Crippen LogP) is -0.881. The number of carbonyl (C=O) groups excluding carboxylic acids is 1. The summed E-state index contributed by atoms with van der Waals surface area (Å²) in [4.78, 5) is 15.6. The largest absolute Gasteiger partial charge is 0.390 e. The first-order valence-corrected chi connectivity index (χ1v) is 5.96.